The number of nitrogens with zero attached hydrogens (tertiary/aromatic N) is 1. The SMILES string of the molecule is CCCCCN(C(=O)C(CCC(N)=O)NC(=O)OC(C)(C)C)C(C(=O)NC1CCCCC1)c1ccc(C)cc1C. The Balaban J connectivity index is 2.52. The highest BCUT2D eigenvalue weighted by atomic mass is 16.6. The lowest BCUT2D eigenvalue weighted by Crippen LogP contribution is -2.54. The Morgan fingerprint density at radius 2 is 1.75 bits per heavy atom. The third-order valence-electron chi connectivity index (χ3n) is 7.19. The van der Waals surface area contributed by atoms with E-state index in [0.717, 1.165) is 61.6 Å². The molecule has 2 rings (SSSR count). The molecule has 0 saturated heterocycles. The van der Waals surface area contributed by atoms with E-state index in [1.807, 2.05) is 32.0 Å². The van der Waals surface area contributed by atoms with Gasteiger partial charge in [0.25, 0.3) is 0 Å². The smallest absolute Gasteiger partial charge is 0.408 e. The van der Waals surface area contributed by atoms with Gasteiger partial charge in [0.1, 0.15) is 17.7 Å². The van der Waals surface area contributed by atoms with Crippen LogP contribution in [0.15, 0.2) is 18.2 Å². The van der Waals surface area contributed by atoms with Crippen molar-refractivity contribution in [3.8, 4) is 0 Å². The second-order valence-electron chi connectivity index (χ2n) is 12.0. The van der Waals surface area contributed by atoms with Gasteiger partial charge in [-0.05, 0) is 71.4 Å². The first-order valence-electron chi connectivity index (χ1n) is 14.8. The Morgan fingerprint density at radius 1 is 1.07 bits per heavy atom. The minimum absolute atomic E-state index is 0.00152. The van der Waals surface area contributed by atoms with Crippen LogP contribution in [0.3, 0.4) is 0 Å². The molecule has 1 aliphatic rings. The number of hydrogen-bond donors (Lipinski definition) is 3. The Bertz CT molecular complexity index is 1010. The van der Waals surface area contributed by atoms with Gasteiger partial charge in [-0.25, -0.2) is 4.79 Å². The summed E-state index contributed by atoms with van der Waals surface area (Å²) >= 11 is 0. The van der Waals surface area contributed by atoms with Crippen LogP contribution in [-0.2, 0) is 19.1 Å². The second kappa shape index (κ2) is 15.6. The maximum Gasteiger partial charge on any atom is 0.408 e. The summed E-state index contributed by atoms with van der Waals surface area (Å²) in [6, 6.07) is 3.96. The Labute approximate surface area is 240 Å². The van der Waals surface area contributed by atoms with Gasteiger partial charge in [0.2, 0.25) is 17.7 Å². The maximum absolute atomic E-state index is 14.3. The number of ether oxygens (including phenoxy) is 1. The van der Waals surface area contributed by atoms with Gasteiger partial charge in [0.15, 0.2) is 0 Å². The summed E-state index contributed by atoms with van der Waals surface area (Å²) in [5.74, 6) is -1.25. The standard InChI is InChI=1S/C31H50N4O5/c1-7-8-12-19-35(29(38)25(17-18-26(32)36)34-30(39)40-31(4,5)6)27(24-16-15-21(2)20-22(24)3)28(37)33-23-13-10-9-11-14-23/h15-16,20,23,25,27H,7-14,17-19H2,1-6H3,(H2,32,36)(H,33,37)(H,34,39). The van der Waals surface area contributed by atoms with Gasteiger partial charge < -0.3 is 26.0 Å². The fraction of sp³-hybridized carbons (Fsp3) is 0.677. The second-order valence-corrected chi connectivity index (χ2v) is 12.0. The number of primary amides is 1. The molecule has 0 radical (unpaired) electrons. The van der Waals surface area contributed by atoms with Crippen molar-refractivity contribution in [3.05, 3.63) is 34.9 Å². The summed E-state index contributed by atoms with van der Waals surface area (Å²) in [6.45, 7) is 11.5. The van der Waals surface area contributed by atoms with Crippen molar-refractivity contribution in [2.75, 3.05) is 6.54 Å². The average molecular weight is 559 g/mol. The van der Waals surface area contributed by atoms with E-state index in [-0.39, 0.29) is 24.8 Å². The van der Waals surface area contributed by atoms with Gasteiger partial charge in [-0.15, -0.1) is 0 Å². The monoisotopic (exact) mass is 558 g/mol. The zero-order valence-corrected chi connectivity index (χ0v) is 25.3. The molecule has 0 aliphatic heterocycles. The van der Waals surface area contributed by atoms with E-state index in [0.29, 0.717) is 13.0 Å². The minimum Gasteiger partial charge on any atom is -0.444 e. The predicted octanol–water partition coefficient (Wildman–Crippen LogP) is 4.97. The normalized spacial score (nSPS) is 15.6. The fourth-order valence-electron chi connectivity index (χ4n) is 5.20. The van der Waals surface area contributed by atoms with Gasteiger partial charge in [0.05, 0.1) is 0 Å². The quantitative estimate of drug-likeness (QED) is 0.294. The van der Waals surface area contributed by atoms with Crippen molar-refractivity contribution in [3.63, 3.8) is 0 Å². The molecule has 1 aromatic carbocycles. The molecule has 0 heterocycles. The van der Waals surface area contributed by atoms with E-state index < -0.39 is 35.6 Å². The number of amides is 4. The molecular weight excluding hydrogens is 508 g/mol. The third-order valence-corrected chi connectivity index (χ3v) is 7.19. The number of unbranched alkanes of at least 4 members (excludes halogenated alkanes) is 2. The summed E-state index contributed by atoms with van der Waals surface area (Å²) in [5.41, 5.74) is 7.35. The first-order chi connectivity index (χ1) is 18.8. The van der Waals surface area contributed by atoms with E-state index in [4.69, 9.17) is 10.5 Å². The first kappa shape index (κ1) is 33.1. The molecule has 1 aromatic rings. The topological polar surface area (TPSA) is 131 Å². The number of rotatable bonds is 13. The molecule has 0 spiro atoms. The molecule has 0 aromatic heterocycles. The number of nitrogens with one attached hydrogen (secondary N) is 2. The molecule has 40 heavy (non-hydrogen) atoms. The van der Waals surface area contributed by atoms with Crippen LogP contribution in [0.25, 0.3) is 0 Å². The van der Waals surface area contributed by atoms with Crippen LogP contribution in [0.1, 0.15) is 115 Å². The van der Waals surface area contributed by atoms with Crippen LogP contribution < -0.4 is 16.4 Å². The Hall–Kier alpha value is -3.10. The van der Waals surface area contributed by atoms with E-state index in [9.17, 15) is 19.2 Å². The predicted molar refractivity (Wildman–Crippen MR) is 156 cm³/mol. The lowest BCUT2D eigenvalue weighted by Gasteiger charge is -2.36. The zero-order valence-electron chi connectivity index (χ0n) is 25.3. The van der Waals surface area contributed by atoms with Crippen LogP contribution in [0.4, 0.5) is 4.79 Å². The third kappa shape index (κ3) is 10.8. The Morgan fingerprint density at radius 3 is 2.33 bits per heavy atom. The molecule has 224 valence electrons. The number of carbonyl (C=O) groups excluding carboxylic acids is 4. The number of carbonyl (C=O) groups is 4. The van der Waals surface area contributed by atoms with Gasteiger partial charge in [-0.2, -0.15) is 0 Å². The van der Waals surface area contributed by atoms with Gasteiger partial charge in [0, 0.05) is 19.0 Å². The summed E-state index contributed by atoms with van der Waals surface area (Å²) in [5, 5.41) is 5.89. The van der Waals surface area contributed by atoms with Crippen LogP contribution in [0.2, 0.25) is 0 Å². The van der Waals surface area contributed by atoms with E-state index in [2.05, 4.69) is 17.6 Å². The van der Waals surface area contributed by atoms with E-state index >= 15 is 0 Å². The van der Waals surface area contributed by atoms with Gasteiger partial charge >= 0.3 is 6.09 Å². The maximum atomic E-state index is 14.3. The molecule has 2 unspecified atom stereocenters. The highest BCUT2D eigenvalue weighted by molar-refractivity contribution is 5.92. The van der Waals surface area contributed by atoms with Crippen molar-refractivity contribution >= 4 is 23.8 Å². The zero-order chi connectivity index (χ0) is 29.9. The van der Waals surface area contributed by atoms with Crippen molar-refractivity contribution in [2.24, 2.45) is 5.73 Å². The number of aryl methyl sites for hydroxylation is 2. The molecule has 9 heteroatoms. The minimum atomic E-state index is -1.08. The van der Waals surface area contributed by atoms with Crippen molar-refractivity contribution in [1.29, 1.82) is 0 Å². The van der Waals surface area contributed by atoms with Crippen molar-refractivity contribution in [2.45, 2.75) is 129 Å². The van der Waals surface area contributed by atoms with Gasteiger partial charge in [-0.3, -0.25) is 14.4 Å². The number of alkyl carbamates (subject to hydrolysis) is 1. The fourth-order valence-corrected chi connectivity index (χ4v) is 5.20. The molecular formula is C31H50N4O5. The summed E-state index contributed by atoms with van der Waals surface area (Å²) < 4.78 is 5.41. The molecule has 1 fully saturated rings. The lowest BCUT2D eigenvalue weighted by atomic mass is 9.93. The number of hydrogen-bond acceptors (Lipinski definition) is 5. The average Bonchev–Trinajstić information content (AvgIpc) is 2.86. The number of nitrogens with two attached hydrogens (primary N) is 1. The van der Waals surface area contributed by atoms with Crippen LogP contribution in [0, 0.1) is 13.8 Å². The number of benzene rings is 1. The summed E-state index contributed by atoms with van der Waals surface area (Å²) in [4.78, 5) is 54.3. The van der Waals surface area contributed by atoms with Gasteiger partial charge in [-0.1, -0.05) is 62.8 Å². The largest absolute Gasteiger partial charge is 0.444 e. The van der Waals surface area contributed by atoms with Crippen LogP contribution >= 0.6 is 0 Å². The summed E-state index contributed by atoms with van der Waals surface area (Å²) in [6.07, 6.45) is 6.75. The molecule has 4 amide bonds. The Kier molecular flexibility index (Phi) is 12.9. The van der Waals surface area contributed by atoms with Crippen LogP contribution in [-0.4, -0.2) is 52.9 Å². The molecule has 9 nitrogen and oxygen atoms in total. The van der Waals surface area contributed by atoms with Crippen molar-refractivity contribution < 1.29 is 23.9 Å². The first-order valence-corrected chi connectivity index (χ1v) is 14.8. The van der Waals surface area contributed by atoms with Crippen molar-refractivity contribution in [1.82, 2.24) is 15.5 Å². The molecule has 1 aliphatic carbocycles. The van der Waals surface area contributed by atoms with Crippen LogP contribution in [0.5, 0.6) is 0 Å². The highest BCUT2D eigenvalue weighted by Crippen LogP contribution is 2.29. The lowest BCUT2D eigenvalue weighted by molar-refractivity contribution is -0.143. The summed E-state index contributed by atoms with van der Waals surface area (Å²) in [7, 11) is 0. The molecule has 2 atom stereocenters. The van der Waals surface area contributed by atoms with E-state index in [1.54, 1.807) is 25.7 Å². The van der Waals surface area contributed by atoms with E-state index in [1.165, 1.54) is 0 Å². The highest BCUT2D eigenvalue weighted by Gasteiger charge is 2.37. The molecule has 4 N–H and O–H groups in total. The molecule has 0 bridgehead atoms. The molecule has 1 saturated carbocycles.